The average molecular weight is 510 g/mol. The second-order valence-corrected chi connectivity index (χ2v) is 8.38. The fraction of sp³-hybridized carbons (Fsp3) is 0.143. The summed E-state index contributed by atoms with van der Waals surface area (Å²) in [6.45, 7) is 1.71. The number of aryl methyl sites for hydroxylation is 1. The summed E-state index contributed by atoms with van der Waals surface area (Å²) in [4.78, 5) is 24.3. The Kier molecular flexibility index (Phi) is 8.51. The fourth-order valence-electron chi connectivity index (χ4n) is 3.11. The normalized spacial score (nSPS) is 11.1. The van der Waals surface area contributed by atoms with E-state index in [2.05, 4.69) is 19.7 Å². The van der Waals surface area contributed by atoms with E-state index in [0.717, 1.165) is 7.05 Å². The summed E-state index contributed by atoms with van der Waals surface area (Å²) in [5.41, 5.74) is 0.466. The molecular weight excluding hydrogens is 492 g/mol. The summed E-state index contributed by atoms with van der Waals surface area (Å²) in [6.07, 6.45) is 4.14. The summed E-state index contributed by atoms with van der Waals surface area (Å²) in [6, 6.07) is 8.05. The van der Waals surface area contributed by atoms with Crippen LogP contribution in [0, 0.1) is 12.7 Å². The van der Waals surface area contributed by atoms with Gasteiger partial charge in [0.1, 0.15) is 17.1 Å². The summed E-state index contributed by atoms with van der Waals surface area (Å²) in [7, 11) is -2.94. The molecule has 1 aromatic carbocycles. The average Bonchev–Trinajstić information content (AvgIpc) is 2.79. The third kappa shape index (κ3) is 5.86. The molecule has 4 rings (SSSR count). The van der Waals surface area contributed by atoms with Gasteiger partial charge in [0.15, 0.2) is 0 Å². The Bertz CT molecular complexity index is 1500. The molecule has 34 heavy (non-hydrogen) atoms. The van der Waals surface area contributed by atoms with Gasteiger partial charge in [-0.15, -0.1) is 0 Å². The van der Waals surface area contributed by atoms with E-state index in [4.69, 9.17) is 9.15 Å². The van der Waals surface area contributed by atoms with Crippen molar-refractivity contribution in [3.63, 3.8) is 0 Å². The summed E-state index contributed by atoms with van der Waals surface area (Å²) in [5, 5.41) is 0.628. The molecule has 0 amide bonds. The molecule has 10 nitrogen and oxygen atoms in total. The molecule has 0 unspecified atom stereocenters. The molecule has 0 aliphatic heterocycles. The molecule has 0 radical (unpaired) electrons. The number of ether oxygens (including phenoxy) is 1. The number of aromatic nitrogens is 3. The van der Waals surface area contributed by atoms with E-state index in [-0.39, 0.29) is 80.5 Å². The van der Waals surface area contributed by atoms with Gasteiger partial charge in [0.05, 0.1) is 0 Å². The van der Waals surface area contributed by atoms with Gasteiger partial charge < -0.3 is 18.9 Å². The van der Waals surface area contributed by atoms with Gasteiger partial charge in [-0.3, -0.25) is 0 Å². The van der Waals surface area contributed by atoms with Crippen LogP contribution in [0.25, 0.3) is 15.7 Å². The second-order valence-electron chi connectivity index (χ2n) is 6.84. The van der Waals surface area contributed by atoms with Crippen molar-refractivity contribution in [1.82, 2.24) is 19.7 Å². The first-order chi connectivity index (χ1) is 15.8. The largest absolute Gasteiger partial charge is 1.00 e. The van der Waals surface area contributed by atoms with Crippen LogP contribution in [0.3, 0.4) is 0 Å². The zero-order valence-corrected chi connectivity index (χ0v) is 22.4. The van der Waals surface area contributed by atoms with Gasteiger partial charge >= 0.3 is 63.0 Å². The number of benzene rings is 1. The van der Waals surface area contributed by atoms with Gasteiger partial charge in [0.25, 0.3) is 0 Å². The Balaban J connectivity index is 0.00000324. The van der Waals surface area contributed by atoms with Crippen molar-refractivity contribution in [1.29, 1.82) is 0 Å². The van der Waals surface area contributed by atoms with Crippen LogP contribution in [0.5, 0.6) is 11.8 Å². The van der Waals surface area contributed by atoms with Crippen molar-refractivity contribution in [2.45, 2.75) is 13.3 Å². The molecule has 0 saturated heterocycles. The van der Waals surface area contributed by atoms with E-state index in [1.807, 2.05) is 4.72 Å². The SMILES string of the molecule is CNS(=O)(=O)[N-]c1nccc(Cc2c(C)c3ccc(Oc4ncccn4)cc3oc2=O)c1F.[K+]. The summed E-state index contributed by atoms with van der Waals surface area (Å²) < 4.78 is 54.4. The van der Waals surface area contributed by atoms with Crippen molar-refractivity contribution in [3.8, 4) is 11.8 Å². The molecule has 0 fully saturated rings. The minimum absolute atomic E-state index is 0. The topological polar surface area (TPSA) is 138 Å². The predicted molar refractivity (Wildman–Crippen MR) is 117 cm³/mol. The molecular formula is C21H17FKN5O5S. The molecule has 3 heterocycles. The quantitative estimate of drug-likeness (QED) is 0.277. The number of nitrogens with one attached hydrogen (secondary N) is 1. The van der Waals surface area contributed by atoms with E-state index in [9.17, 15) is 17.6 Å². The van der Waals surface area contributed by atoms with Crippen molar-refractivity contribution in [2.24, 2.45) is 0 Å². The molecule has 170 valence electrons. The Morgan fingerprint density at radius 2 is 1.88 bits per heavy atom. The number of halogens is 1. The van der Waals surface area contributed by atoms with E-state index < -0.39 is 27.5 Å². The molecule has 4 aromatic rings. The van der Waals surface area contributed by atoms with Gasteiger partial charge in [-0.1, -0.05) is 12.3 Å². The number of fused-ring (bicyclic) bond motifs is 1. The van der Waals surface area contributed by atoms with E-state index in [1.54, 1.807) is 25.1 Å². The maximum absolute atomic E-state index is 14.9. The zero-order chi connectivity index (χ0) is 23.6. The summed E-state index contributed by atoms with van der Waals surface area (Å²) in [5.74, 6) is -1.17. The van der Waals surface area contributed by atoms with Gasteiger partial charge in [-0.05, 0) is 49.1 Å². The summed E-state index contributed by atoms with van der Waals surface area (Å²) >= 11 is 0. The number of hydrogen-bond acceptors (Lipinski definition) is 8. The predicted octanol–water partition coefficient (Wildman–Crippen LogP) is 0.282. The number of rotatable bonds is 7. The Morgan fingerprint density at radius 3 is 2.59 bits per heavy atom. The Morgan fingerprint density at radius 1 is 1.15 bits per heavy atom. The first-order valence-electron chi connectivity index (χ1n) is 9.58. The van der Waals surface area contributed by atoms with Crippen molar-refractivity contribution in [3.05, 3.63) is 86.6 Å². The molecule has 0 atom stereocenters. The van der Waals surface area contributed by atoms with Gasteiger partial charge in [0, 0.05) is 35.8 Å². The van der Waals surface area contributed by atoms with Crippen LogP contribution in [0.1, 0.15) is 16.7 Å². The minimum Gasteiger partial charge on any atom is -0.440 e. The molecule has 1 N–H and O–H groups in total. The van der Waals surface area contributed by atoms with Gasteiger partial charge in [0.2, 0.25) is 10.2 Å². The van der Waals surface area contributed by atoms with Gasteiger partial charge in [-0.25, -0.2) is 32.3 Å². The third-order valence-corrected chi connectivity index (χ3v) is 5.72. The Labute approximate surface area is 236 Å². The fourth-order valence-corrected chi connectivity index (χ4v) is 3.55. The first kappa shape index (κ1) is 26.3. The number of nitrogens with zero attached hydrogens (tertiary/aromatic N) is 4. The molecule has 0 aliphatic carbocycles. The second kappa shape index (κ2) is 11.0. The number of hydrogen-bond donors (Lipinski definition) is 1. The maximum Gasteiger partial charge on any atom is 1.00 e. The minimum atomic E-state index is -4.09. The van der Waals surface area contributed by atoms with Gasteiger partial charge in [-0.2, -0.15) is 0 Å². The molecule has 0 aliphatic rings. The maximum atomic E-state index is 14.9. The smallest absolute Gasteiger partial charge is 0.440 e. The van der Waals surface area contributed by atoms with Crippen LogP contribution in [0.4, 0.5) is 10.2 Å². The third-order valence-electron chi connectivity index (χ3n) is 4.79. The number of pyridine rings is 1. The van der Waals surface area contributed by atoms with Crippen molar-refractivity contribution in [2.75, 3.05) is 7.05 Å². The molecule has 0 spiro atoms. The van der Waals surface area contributed by atoms with E-state index in [1.165, 1.54) is 30.7 Å². The van der Waals surface area contributed by atoms with Crippen LogP contribution < -0.4 is 66.5 Å². The molecule has 3 aromatic heterocycles. The zero-order valence-electron chi connectivity index (χ0n) is 18.4. The van der Waals surface area contributed by atoms with E-state index in [0.29, 0.717) is 16.7 Å². The van der Waals surface area contributed by atoms with Crippen molar-refractivity contribution < 1.29 is 73.3 Å². The first-order valence-corrected chi connectivity index (χ1v) is 11.0. The molecule has 0 bridgehead atoms. The van der Waals surface area contributed by atoms with Crippen LogP contribution in [0.15, 0.2) is 58.1 Å². The standard InChI is InChI=1S/C21H17FN5O5S.K/c1-12-15-5-4-14(31-21-25-7-3-8-26-21)11-17(15)32-20(28)16(12)10-13-6-9-24-19(18(13)22)27-33(29,30)23-2;/h3-9,11,23H,10H2,1-2H3;/q-1;+1. The van der Waals surface area contributed by atoms with Crippen molar-refractivity contribution >= 4 is 27.0 Å². The van der Waals surface area contributed by atoms with Crippen LogP contribution in [0.2, 0.25) is 0 Å². The van der Waals surface area contributed by atoms with E-state index >= 15 is 0 Å². The monoisotopic (exact) mass is 509 g/mol. The molecule has 0 saturated carbocycles. The van der Waals surface area contributed by atoms with Crippen LogP contribution in [-0.2, 0) is 16.6 Å². The van der Waals surface area contributed by atoms with Crippen LogP contribution >= 0.6 is 0 Å². The molecule has 13 heteroatoms. The van der Waals surface area contributed by atoms with Crippen LogP contribution in [-0.4, -0.2) is 30.4 Å². The Hall–Kier alpha value is -2.26.